The molecule has 1 amide bonds. The third-order valence-corrected chi connectivity index (χ3v) is 4.83. The van der Waals surface area contributed by atoms with Crippen LogP contribution in [0.5, 0.6) is 0 Å². The van der Waals surface area contributed by atoms with E-state index in [-0.39, 0.29) is 5.91 Å². The highest BCUT2D eigenvalue weighted by Crippen LogP contribution is 2.33. The van der Waals surface area contributed by atoms with E-state index >= 15 is 0 Å². The van der Waals surface area contributed by atoms with Gasteiger partial charge in [0.05, 0.1) is 46.4 Å². The van der Waals surface area contributed by atoms with Gasteiger partial charge in [-0.2, -0.15) is 5.10 Å². The summed E-state index contributed by atoms with van der Waals surface area (Å²) < 4.78 is 1.88. The molecule has 1 aliphatic heterocycles. The monoisotopic (exact) mass is 379 g/mol. The molecular weight excluding hydrogens is 362 g/mol. The number of hydrogen-bond acceptors (Lipinski definition) is 4. The summed E-state index contributed by atoms with van der Waals surface area (Å²) in [5.41, 5.74) is 5.73. The maximum atomic E-state index is 12.8. The molecule has 5 rings (SSSR count). The van der Waals surface area contributed by atoms with Gasteiger partial charge in [-0.05, 0) is 42.0 Å². The molecule has 2 aromatic carbocycles. The lowest BCUT2D eigenvalue weighted by Gasteiger charge is -2.07. The average Bonchev–Trinajstić information content (AvgIpc) is 3.41. The number of amides is 1. The summed E-state index contributed by atoms with van der Waals surface area (Å²) in [5, 5.41) is 7.34. The van der Waals surface area contributed by atoms with Crippen molar-refractivity contribution < 1.29 is 4.79 Å². The molecule has 6 heteroatoms. The highest BCUT2D eigenvalue weighted by molar-refractivity contribution is 6.12. The molecule has 0 saturated heterocycles. The molecule has 0 atom stereocenters. The van der Waals surface area contributed by atoms with E-state index in [0.717, 1.165) is 22.7 Å². The molecule has 0 radical (unpaired) electrons. The van der Waals surface area contributed by atoms with Crippen molar-refractivity contribution in [1.82, 2.24) is 14.8 Å². The molecule has 140 valence electrons. The molecule has 0 bridgehead atoms. The van der Waals surface area contributed by atoms with Crippen LogP contribution in [-0.4, -0.2) is 26.4 Å². The number of rotatable bonds is 4. The van der Waals surface area contributed by atoms with Gasteiger partial charge in [-0.1, -0.05) is 30.3 Å². The molecule has 0 saturated carbocycles. The Kier molecular flexibility index (Phi) is 4.22. The van der Waals surface area contributed by atoms with Crippen LogP contribution >= 0.6 is 0 Å². The normalized spacial score (nSPS) is 12.3. The van der Waals surface area contributed by atoms with E-state index in [9.17, 15) is 4.79 Å². The van der Waals surface area contributed by atoms with Crippen LogP contribution in [0.1, 0.15) is 21.6 Å². The Morgan fingerprint density at radius 3 is 2.66 bits per heavy atom. The molecule has 3 heterocycles. The number of para-hydroxylation sites is 2. The molecule has 0 spiro atoms. The Hall–Kier alpha value is -4.06. The van der Waals surface area contributed by atoms with Crippen LogP contribution in [-0.2, 0) is 6.42 Å². The topological polar surface area (TPSA) is 72.2 Å². The van der Waals surface area contributed by atoms with E-state index in [1.54, 1.807) is 36.8 Å². The number of aliphatic imine (C=N–C) groups is 1. The Bertz CT molecular complexity index is 1210. The minimum absolute atomic E-state index is 0.198. The number of nitrogens with one attached hydrogen (secondary N) is 1. The van der Waals surface area contributed by atoms with Crippen molar-refractivity contribution >= 4 is 23.0 Å². The van der Waals surface area contributed by atoms with Crippen molar-refractivity contribution in [1.29, 1.82) is 0 Å². The largest absolute Gasteiger partial charge is 0.321 e. The number of fused-ring (bicyclic) bond motifs is 1. The van der Waals surface area contributed by atoms with Gasteiger partial charge < -0.3 is 5.32 Å². The fourth-order valence-corrected chi connectivity index (χ4v) is 3.48. The third-order valence-electron chi connectivity index (χ3n) is 4.83. The smallest absolute Gasteiger partial charge is 0.257 e. The predicted octanol–water partition coefficient (Wildman–Crippen LogP) is 4.20. The quantitative estimate of drug-likeness (QED) is 0.578. The van der Waals surface area contributed by atoms with Gasteiger partial charge in [0.15, 0.2) is 0 Å². The molecular formula is C23H17N5O. The number of carbonyl (C=O) groups is 1. The van der Waals surface area contributed by atoms with Crippen LogP contribution in [0.15, 0.2) is 90.3 Å². The van der Waals surface area contributed by atoms with E-state index in [1.807, 2.05) is 53.2 Å². The van der Waals surface area contributed by atoms with Gasteiger partial charge in [-0.15, -0.1) is 0 Å². The molecule has 0 fully saturated rings. The maximum Gasteiger partial charge on any atom is 0.257 e. The van der Waals surface area contributed by atoms with Crippen molar-refractivity contribution in [3.05, 3.63) is 102 Å². The molecule has 1 N–H and O–H groups in total. The van der Waals surface area contributed by atoms with E-state index in [1.165, 1.54) is 0 Å². The third kappa shape index (κ3) is 3.21. The van der Waals surface area contributed by atoms with E-state index < -0.39 is 0 Å². The second-order valence-electron chi connectivity index (χ2n) is 6.71. The minimum Gasteiger partial charge on any atom is -0.321 e. The number of aromatic nitrogens is 3. The standard InChI is InChI=1S/C23H17N5O/c29-23(26-17-7-5-12-24-15-17)19-10-4-6-16-14-20(27-22(16)19)21-11-13-25-28(21)18-8-2-1-3-9-18/h1-13,15H,14H2,(H,26,29). The summed E-state index contributed by atoms with van der Waals surface area (Å²) in [7, 11) is 0. The first-order chi connectivity index (χ1) is 14.3. The molecule has 2 aromatic heterocycles. The average molecular weight is 379 g/mol. The molecule has 29 heavy (non-hydrogen) atoms. The van der Waals surface area contributed by atoms with Crippen molar-refractivity contribution in [2.24, 2.45) is 4.99 Å². The number of benzene rings is 2. The van der Waals surface area contributed by atoms with Gasteiger partial charge in [0.2, 0.25) is 0 Å². The number of anilines is 1. The van der Waals surface area contributed by atoms with Crippen molar-refractivity contribution in [3.63, 3.8) is 0 Å². The summed E-state index contributed by atoms with van der Waals surface area (Å²) in [6.45, 7) is 0. The first kappa shape index (κ1) is 17.1. The summed E-state index contributed by atoms with van der Waals surface area (Å²) in [4.78, 5) is 21.7. The molecule has 0 unspecified atom stereocenters. The number of nitrogens with zero attached hydrogens (tertiary/aromatic N) is 4. The Balaban J connectivity index is 1.49. The van der Waals surface area contributed by atoms with E-state index in [0.29, 0.717) is 23.4 Å². The van der Waals surface area contributed by atoms with Crippen LogP contribution in [0.25, 0.3) is 5.69 Å². The van der Waals surface area contributed by atoms with Crippen LogP contribution in [0.3, 0.4) is 0 Å². The lowest BCUT2D eigenvalue weighted by atomic mass is 10.0. The summed E-state index contributed by atoms with van der Waals surface area (Å²) >= 11 is 0. The second kappa shape index (κ2) is 7.16. The molecule has 0 aliphatic carbocycles. The van der Waals surface area contributed by atoms with E-state index in [4.69, 9.17) is 4.99 Å². The molecule has 6 nitrogen and oxygen atoms in total. The minimum atomic E-state index is -0.198. The van der Waals surface area contributed by atoms with Crippen molar-refractivity contribution in [3.8, 4) is 5.69 Å². The lowest BCUT2D eigenvalue weighted by Crippen LogP contribution is -2.12. The van der Waals surface area contributed by atoms with Crippen LogP contribution in [0.2, 0.25) is 0 Å². The Morgan fingerprint density at radius 1 is 0.931 bits per heavy atom. The first-order valence-corrected chi connectivity index (χ1v) is 9.30. The van der Waals surface area contributed by atoms with Gasteiger partial charge in [0.1, 0.15) is 0 Å². The second-order valence-corrected chi connectivity index (χ2v) is 6.71. The summed E-state index contributed by atoms with van der Waals surface area (Å²) in [6, 6.07) is 21.2. The zero-order valence-corrected chi connectivity index (χ0v) is 15.5. The van der Waals surface area contributed by atoms with Crippen LogP contribution in [0, 0.1) is 0 Å². The van der Waals surface area contributed by atoms with Crippen LogP contribution < -0.4 is 5.32 Å². The Morgan fingerprint density at radius 2 is 1.83 bits per heavy atom. The zero-order chi connectivity index (χ0) is 19.6. The molecule has 1 aliphatic rings. The highest BCUT2D eigenvalue weighted by Gasteiger charge is 2.24. The Labute approximate surface area is 167 Å². The maximum absolute atomic E-state index is 12.8. The van der Waals surface area contributed by atoms with Gasteiger partial charge >= 0.3 is 0 Å². The van der Waals surface area contributed by atoms with Gasteiger partial charge in [-0.3, -0.25) is 9.78 Å². The lowest BCUT2D eigenvalue weighted by molar-refractivity contribution is 0.102. The number of pyridine rings is 1. The summed E-state index contributed by atoms with van der Waals surface area (Å²) in [5.74, 6) is -0.198. The van der Waals surface area contributed by atoms with Crippen molar-refractivity contribution in [2.75, 3.05) is 5.32 Å². The summed E-state index contributed by atoms with van der Waals surface area (Å²) in [6.07, 6.45) is 5.71. The van der Waals surface area contributed by atoms with Gasteiger partial charge in [-0.25, -0.2) is 9.67 Å². The SMILES string of the molecule is O=C(Nc1cccnc1)c1cccc2c1N=C(c1ccnn1-c1ccccc1)C2. The van der Waals surface area contributed by atoms with Crippen LogP contribution in [0.4, 0.5) is 11.4 Å². The van der Waals surface area contributed by atoms with Gasteiger partial charge in [0, 0.05) is 12.6 Å². The number of carbonyl (C=O) groups excluding carboxylic acids is 1. The van der Waals surface area contributed by atoms with E-state index in [2.05, 4.69) is 15.4 Å². The van der Waals surface area contributed by atoms with Crippen molar-refractivity contribution in [2.45, 2.75) is 6.42 Å². The number of hydrogen-bond donors (Lipinski definition) is 1. The first-order valence-electron chi connectivity index (χ1n) is 9.30. The fraction of sp³-hybridized carbons (Fsp3) is 0.0435. The predicted molar refractivity (Wildman–Crippen MR) is 112 cm³/mol. The zero-order valence-electron chi connectivity index (χ0n) is 15.5. The highest BCUT2D eigenvalue weighted by atomic mass is 16.1. The fourth-order valence-electron chi connectivity index (χ4n) is 3.48. The molecule has 4 aromatic rings. The van der Waals surface area contributed by atoms with Gasteiger partial charge in [0.25, 0.3) is 5.91 Å².